The molecule has 0 amide bonds. The third kappa shape index (κ3) is 4.47. The van der Waals surface area contributed by atoms with E-state index in [1.165, 1.54) is 0 Å². The number of nitrogens with zero attached hydrogens (tertiary/aromatic N) is 1. The molecule has 0 aliphatic rings. The molecular formula is C12H19ClN2O. The van der Waals surface area contributed by atoms with E-state index in [4.69, 9.17) is 16.3 Å². The van der Waals surface area contributed by atoms with Gasteiger partial charge < -0.3 is 10.1 Å². The summed E-state index contributed by atoms with van der Waals surface area (Å²) in [7, 11) is 1.72. The minimum Gasteiger partial charge on any atom is -0.385 e. The molecule has 0 aliphatic heterocycles. The summed E-state index contributed by atoms with van der Waals surface area (Å²) in [6, 6.07) is 4.56. The van der Waals surface area contributed by atoms with Crippen LogP contribution in [0.4, 0.5) is 0 Å². The van der Waals surface area contributed by atoms with Crippen molar-refractivity contribution in [1.29, 1.82) is 0 Å². The first-order valence-electron chi connectivity index (χ1n) is 5.50. The molecule has 0 saturated carbocycles. The highest BCUT2D eigenvalue weighted by Gasteiger charge is 2.09. The van der Waals surface area contributed by atoms with Crippen molar-refractivity contribution in [2.24, 2.45) is 0 Å². The first-order valence-corrected chi connectivity index (χ1v) is 5.87. The fraction of sp³-hybridized carbons (Fsp3) is 0.583. The first-order chi connectivity index (χ1) is 7.63. The molecule has 2 unspecified atom stereocenters. The monoisotopic (exact) mass is 242 g/mol. The van der Waals surface area contributed by atoms with Crippen LogP contribution < -0.4 is 5.32 Å². The lowest BCUT2D eigenvalue weighted by molar-refractivity contribution is 0.183. The highest BCUT2D eigenvalue weighted by molar-refractivity contribution is 6.29. The number of aromatic nitrogens is 1. The van der Waals surface area contributed by atoms with Crippen molar-refractivity contribution < 1.29 is 4.74 Å². The number of pyridine rings is 1. The van der Waals surface area contributed by atoms with Gasteiger partial charge in [0, 0.05) is 32.0 Å². The van der Waals surface area contributed by atoms with Crippen LogP contribution in [-0.2, 0) is 4.74 Å². The topological polar surface area (TPSA) is 34.1 Å². The van der Waals surface area contributed by atoms with Crippen molar-refractivity contribution in [3.05, 3.63) is 29.0 Å². The lowest BCUT2D eigenvalue weighted by Gasteiger charge is -2.20. The molecule has 1 heterocycles. The highest BCUT2D eigenvalue weighted by Crippen LogP contribution is 2.16. The van der Waals surface area contributed by atoms with Crippen LogP contribution in [0, 0.1) is 0 Å². The van der Waals surface area contributed by atoms with Gasteiger partial charge in [0.05, 0.1) is 0 Å². The van der Waals surface area contributed by atoms with Crippen LogP contribution in [0.25, 0.3) is 0 Å². The fourth-order valence-electron chi connectivity index (χ4n) is 1.59. The molecule has 90 valence electrons. The summed E-state index contributed by atoms with van der Waals surface area (Å²) in [5.74, 6) is 0. The van der Waals surface area contributed by atoms with Crippen molar-refractivity contribution in [1.82, 2.24) is 10.3 Å². The quantitative estimate of drug-likeness (QED) is 0.779. The summed E-state index contributed by atoms with van der Waals surface area (Å²) in [6.07, 6.45) is 2.73. The molecule has 0 fully saturated rings. The molecule has 0 radical (unpaired) electrons. The highest BCUT2D eigenvalue weighted by atomic mass is 35.5. The second kappa shape index (κ2) is 6.84. The summed E-state index contributed by atoms with van der Waals surface area (Å²) < 4.78 is 5.05. The number of nitrogens with one attached hydrogen (secondary N) is 1. The van der Waals surface area contributed by atoms with E-state index in [2.05, 4.69) is 24.1 Å². The standard InChI is InChI=1S/C12H19ClN2O/c1-9(5-7-16-3)15-10(2)11-4-6-14-12(13)8-11/h4,6,8-10,15H,5,7H2,1-3H3. The van der Waals surface area contributed by atoms with E-state index in [1.54, 1.807) is 13.3 Å². The Bertz CT molecular complexity index is 320. The summed E-state index contributed by atoms with van der Waals surface area (Å²) in [5, 5.41) is 4.03. The maximum Gasteiger partial charge on any atom is 0.129 e. The molecule has 1 aromatic rings. The van der Waals surface area contributed by atoms with E-state index in [0.29, 0.717) is 11.2 Å². The van der Waals surface area contributed by atoms with Crippen LogP contribution in [0.5, 0.6) is 0 Å². The van der Waals surface area contributed by atoms with Gasteiger partial charge in [0.1, 0.15) is 5.15 Å². The van der Waals surface area contributed by atoms with Crippen LogP contribution in [0.3, 0.4) is 0 Å². The number of rotatable bonds is 6. The molecule has 4 heteroatoms. The largest absolute Gasteiger partial charge is 0.385 e. The van der Waals surface area contributed by atoms with Gasteiger partial charge >= 0.3 is 0 Å². The molecule has 3 nitrogen and oxygen atoms in total. The van der Waals surface area contributed by atoms with Crippen molar-refractivity contribution in [2.45, 2.75) is 32.4 Å². The number of hydrogen-bond acceptors (Lipinski definition) is 3. The maximum atomic E-state index is 5.85. The minimum absolute atomic E-state index is 0.271. The first kappa shape index (κ1) is 13.4. The molecule has 1 rings (SSSR count). The second-order valence-corrected chi connectivity index (χ2v) is 4.37. The summed E-state index contributed by atoms with van der Waals surface area (Å²) in [4.78, 5) is 3.97. The SMILES string of the molecule is COCCC(C)NC(C)c1ccnc(Cl)c1. The maximum absolute atomic E-state index is 5.85. The van der Waals surface area contributed by atoms with E-state index in [9.17, 15) is 0 Å². The Kier molecular flexibility index (Phi) is 5.74. The van der Waals surface area contributed by atoms with Gasteiger partial charge in [0.15, 0.2) is 0 Å². The predicted molar refractivity (Wildman–Crippen MR) is 66.8 cm³/mol. The molecule has 0 spiro atoms. The lowest BCUT2D eigenvalue weighted by atomic mass is 10.1. The van der Waals surface area contributed by atoms with Gasteiger partial charge in [-0.2, -0.15) is 0 Å². The number of hydrogen-bond donors (Lipinski definition) is 1. The average Bonchev–Trinajstić information content (AvgIpc) is 2.26. The van der Waals surface area contributed by atoms with Crippen molar-refractivity contribution >= 4 is 11.6 Å². The predicted octanol–water partition coefficient (Wildman–Crippen LogP) is 2.81. The van der Waals surface area contributed by atoms with E-state index < -0.39 is 0 Å². The third-order valence-electron chi connectivity index (χ3n) is 2.54. The Morgan fingerprint density at radius 3 is 2.88 bits per heavy atom. The smallest absolute Gasteiger partial charge is 0.129 e. The zero-order valence-electron chi connectivity index (χ0n) is 10.0. The number of ether oxygens (including phenoxy) is 1. The van der Waals surface area contributed by atoms with E-state index >= 15 is 0 Å². The number of halogens is 1. The summed E-state index contributed by atoms with van der Waals surface area (Å²) >= 11 is 5.85. The Hall–Kier alpha value is -0.640. The van der Waals surface area contributed by atoms with Crippen molar-refractivity contribution in [2.75, 3.05) is 13.7 Å². The number of methoxy groups -OCH3 is 1. The van der Waals surface area contributed by atoms with E-state index in [1.807, 2.05) is 12.1 Å². The van der Waals surface area contributed by atoms with Crippen molar-refractivity contribution in [3.63, 3.8) is 0 Å². The normalized spacial score (nSPS) is 14.8. The fourth-order valence-corrected chi connectivity index (χ4v) is 1.77. The second-order valence-electron chi connectivity index (χ2n) is 3.98. The molecule has 1 aromatic heterocycles. The van der Waals surface area contributed by atoms with Crippen LogP contribution in [0.2, 0.25) is 5.15 Å². The van der Waals surface area contributed by atoms with Gasteiger partial charge in [-0.1, -0.05) is 11.6 Å². The summed E-state index contributed by atoms with van der Waals surface area (Å²) in [6.45, 7) is 5.05. The zero-order chi connectivity index (χ0) is 12.0. The third-order valence-corrected chi connectivity index (χ3v) is 2.75. The van der Waals surface area contributed by atoms with Gasteiger partial charge in [0.2, 0.25) is 0 Å². The molecule has 0 saturated heterocycles. The lowest BCUT2D eigenvalue weighted by Crippen LogP contribution is -2.29. The molecular weight excluding hydrogens is 224 g/mol. The Labute approximate surface area is 102 Å². The molecule has 0 aromatic carbocycles. The Morgan fingerprint density at radius 2 is 2.25 bits per heavy atom. The van der Waals surface area contributed by atoms with Crippen LogP contribution in [0.15, 0.2) is 18.3 Å². The van der Waals surface area contributed by atoms with Crippen LogP contribution in [0.1, 0.15) is 31.9 Å². The van der Waals surface area contributed by atoms with Gasteiger partial charge in [-0.25, -0.2) is 4.98 Å². The average molecular weight is 243 g/mol. The summed E-state index contributed by atoms with van der Waals surface area (Å²) in [5.41, 5.74) is 1.16. The van der Waals surface area contributed by atoms with Gasteiger partial charge in [-0.15, -0.1) is 0 Å². The van der Waals surface area contributed by atoms with E-state index in [-0.39, 0.29) is 6.04 Å². The Morgan fingerprint density at radius 1 is 1.50 bits per heavy atom. The van der Waals surface area contributed by atoms with Crippen molar-refractivity contribution in [3.8, 4) is 0 Å². The van der Waals surface area contributed by atoms with Crippen LogP contribution >= 0.6 is 11.6 Å². The molecule has 16 heavy (non-hydrogen) atoms. The molecule has 2 atom stereocenters. The minimum atomic E-state index is 0.271. The van der Waals surface area contributed by atoms with E-state index in [0.717, 1.165) is 18.6 Å². The van der Waals surface area contributed by atoms with Gasteiger partial charge in [-0.3, -0.25) is 0 Å². The van der Waals surface area contributed by atoms with Gasteiger partial charge in [-0.05, 0) is 38.0 Å². The van der Waals surface area contributed by atoms with Gasteiger partial charge in [0.25, 0.3) is 0 Å². The van der Waals surface area contributed by atoms with Crippen LogP contribution in [-0.4, -0.2) is 24.7 Å². The zero-order valence-corrected chi connectivity index (χ0v) is 10.8. The molecule has 0 bridgehead atoms. The Balaban J connectivity index is 2.48. The molecule has 0 aliphatic carbocycles. The molecule has 1 N–H and O–H groups in total.